The van der Waals surface area contributed by atoms with Gasteiger partial charge in [-0.15, -0.1) is 0 Å². The highest BCUT2D eigenvalue weighted by Gasteiger charge is 2.30. The smallest absolute Gasteiger partial charge is 0.136 e. The van der Waals surface area contributed by atoms with E-state index in [1.54, 1.807) is 0 Å². The summed E-state index contributed by atoms with van der Waals surface area (Å²) >= 11 is 3.67. The molecule has 2 nitrogen and oxygen atoms in total. The molecule has 2 heterocycles. The standard InChI is InChI=1S/C12H10BBrN2/c13-9-7-3-1-5-15-11(7)12-8(10(9)14)4-2-6-16-12/h1-2,4-7H,3,13H2. The van der Waals surface area contributed by atoms with Crippen molar-refractivity contribution in [3.8, 4) is 0 Å². The molecular weight excluding hydrogens is 263 g/mol. The molecular formula is C12H10BBrN2. The average molecular weight is 273 g/mol. The molecule has 3 rings (SSSR count). The number of halogens is 1. The number of hydrogen-bond acceptors (Lipinski definition) is 2. The van der Waals surface area contributed by atoms with Crippen LogP contribution in [0, 0.1) is 5.92 Å². The number of aliphatic imine (C=N–C) groups is 1. The van der Waals surface area contributed by atoms with Gasteiger partial charge in [-0.25, -0.2) is 0 Å². The number of nitrogens with zero attached hydrogens (tertiary/aromatic N) is 2. The second kappa shape index (κ2) is 3.70. The topological polar surface area (TPSA) is 25.2 Å². The molecule has 0 radical (unpaired) electrons. The van der Waals surface area contributed by atoms with Gasteiger partial charge in [-0.2, -0.15) is 0 Å². The van der Waals surface area contributed by atoms with Gasteiger partial charge < -0.3 is 0 Å². The largest absolute Gasteiger partial charge is 0.259 e. The van der Waals surface area contributed by atoms with Gasteiger partial charge in [0, 0.05) is 28.4 Å². The van der Waals surface area contributed by atoms with Crippen molar-refractivity contribution < 1.29 is 0 Å². The van der Waals surface area contributed by atoms with E-state index in [4.69, 9.17) is 0 Å². The summed E-state index contributed by atoms with van der Waals surface area (Å²) in [6.45, 7) is 0. The van der Waals surface area contributed by atoms with E-state index in [-0.39, 0.29) is 0 Å². The van der Waals surface area contributed by atoms with Crippen LogP contribution in [0.25, 0.3) is 4.48 Å². The minimum atomic E-state index is 0.391. The van der Waals surface area contributed by atoms with Crippen molar-refractivity contribution in [2.24, 2.45) is 10.9 Å². The van der Waals surface area contributed by atoms with Gasteiger partial charge in [0.15, 0.2) is 0 Å². The lowest BCUT2D eigenvalue weighted by Gasteiger charge is -2.28. The number of aromatic nitrogens is 1. The van der Waals surface area contributed by atoms with Crippen LogP contribution < -0.4 is 0 Å². The predicted molar refractivity (Wildman–Crippen MR) is 72.4 cm³/mol. The van der Waals surface area contributed by atoms with Crippen molar-refractivity contribution >= 4 is 34.0 Å². The number of hydrogen-bond donors (Lipinski definition) is 0. The second-order valence-electron chi connectivity index (χ2n) is 4.08. The highest BCUT2D eigenvalue weighted by atomic mass is 79.9. The summed E-state index contributed by atoms with van der Waals surface area (Å²) in [6, 6.07) is 4.06. The van der Waals surface area contributed by atoms with Crippen molar-refractivity contribution in [3.05, 3.63) is 47.3 Å². The molecule has 16 heavy (non-hydrogen) atoms. The molecule has 4 heteroatoms. The quantitative estimate of drug-likeness (QED) is 0.664. The van der Waals surface area contributed by atoms with Gasteiger partial charge in [-0.3, -0.25) is 9.98 Å². The molecule has 0 saturated carbocycles. The normalized spacial score (nSPS) is 22.6. The van der Waals surface area contributed by atoms with E-state index in [2.05, 4.69) is 45.9 Å². The first kappa shape index (κ1) is 10.0. The van der Waals surface area contributed by atoms with Crippen LogP contribution in [0.5, 0.6) is 0 Å². The van der Waals surface area contributed by atoms with Crippen molar-refractivity contribution in [1.82, 2.24) is 4.98 Å². The molecule has 1 aliphatic heterocycles. The van der Waals surface area contributed by atoms with Crippen LogP contribution in [0.1, 0.15) is 17.7 Å². The van der Waals surface area contributed by atoms with E-state index in [0.717, 1.165) is 23.4 Å². The van der Waals surface area contributed by atoms with Crippen LogP contribution in [0.3, 0.4) is 0 Å². The monoisotopic (exact) mass is 272 g/mol. The minimum absolute atomic E-state index is 0.391. The van der Waals surface area contributed by atoms with Gasteiger partial charge >= 0.3 is 0 Å². The zero-order valence-corrected chi connectivity index (χ0v) is 10.5. The van der Waals surface area contributed by atoms with Crippen LogP contribution in [-0.2, 0) is 0 Å². The highest BCUT2D eigenvalue weighted by molar-refractivity contribution is 9.15. The third kappa shape index (κ3) is 1.33. The summed E-state index contributed by atoms with van der Waals surface area (Å²) < 4.78 is 1.18. The first-order valence-electron chi connectivity index (χ1n) is 5.34. The third-order valence-corrected chi connectivity index (χ3v) is 4.23. The molecule has 1 aliphatic carbocycles. The van der Waals surface area contributed by atoms with Gasteiger partial charge in [0.2, 0.25) is 0 Å². The molecule has 2 aliphatic rings. The fourth-order valence-electron chi connectivity index (χ4n) is 2.29. The highest BCUT2D eigenvalue weighted by Crippen LogP contribution is 2.38. The first-order valence-corrected chi connectivity index (χ1v) is 6.13. The maximum absolute atomic E-state index is 4.50. The molecule has 78 valence electrons. The molecule has 0 amide bonds. The summed E-state index contributed by atoms with van der Waals surface area (Å²) in [5, 5.41) is 0. The molecule has 0 bridgehead atoms. The minimum Gasteiger partial charge on any atom is -0.259 e. The van der Waals surface area contributed by atoms with Crippen LogP contribution in [0.15, 0.2) is 41.1 Å². The van der Waals surface area contributed by atoms with Crippen LogP contribution in [-0.4, -0.2) is 18.5 Å². The number of fused-ring (bicyclic) bond motifs is 3. The molecule has 1 aromatic rings. The zero-order valence-electron chi connectivity index (χ0n) is 8.94. The van der Waals surface area contributed by atoms with E-state index in [0.29, 0.717) is 5.92 Å². The van der Waals surface area contributed by atoms with E-state index < -0.39 is 0 Å². The second-order valence-corrected chi connectivity index (χ2v) is 4.88. The summed E-state index contributed by atoms with van der Waals surface area (Å²) in [7, 11) is 2.17. The van der Waals surface area contributed by atoms with Crippen molar-refractivity contribution in [2.75, 3.05) is 0 Å². The zero-order chi connectivity index (χ0) is 11.1. The Bertz CT molecular complexity index is 546. The van der Waals surface area contributed by atoms with Gasteiger partial charge in [0.1, 0.15) is 7.85 Å². The summed E-state index contributed by atoms with van der Waals surface area (Å²) in [5.41, 5.74) is 4.64. The Morgan fingerprint density at radius 3 is 3.19 bits per heavy atom. The third-order valence-electron chi connectivity index (χ3n) is 3.18. The van der Waals surface area contributed by atoms with Crippen LogP contribution in [0.4, 0.5) is 0 Å². The lowest BCUT2D eigenvalue weighted by molar-refractivity contribution is 0.838. The summed E-state index contributed by atoms with van der Waals surface area (Å²) in [6.07, 6.45) is 6.86. The summed E-state index contributed by atoms with van der Waals surface area (Å²) in [4.78, 5) is 8.96. The molecule has 0 aromatic carbocycles. The van der Waals surface area contributed by atoms with Crippen molar-refractivity contribution in [3.63, 3.8) is 0 Å². The maximum atomic E-state index is 4.50. The Hall–Kier alpha value is -1.16. The SMILES string of the molecule is BC1=C(Br)c2cccnc2C2=NC=CCC21. The van der Waals surface area contributed by atoms with Gasteiger partial charge in [0.25, 0.3) is 0 Å². The van der Waals surface area contributed by atoms with Crippen molar-refractivity contribution in [2.45, 2.75) is 6.42 Å². The van der Waals surface area contributed by atoms with Gasteiger partial charge in [-0.05, 0) is 12.5 Å². The Morgan fingerprint density at radius 1 is 1.44 bits per heavy atom. The van der Waals surface area contributed by atoms with Gasteiger partial charge in [0.05, 0.1) is 11.4 Å². The van der Waals surface area contributed by atoms with Crippen LogP contribution >= 0.6 is 15.9 Å². The fraction of sp³-hybridized carbons (Fsp3) is 0.167. The van der Waals surface area contributed by atoms with E-state index >= 15 is 0 Å². The Labute approximate surface area is 104 Å². The average Bonchev–Trinajstić information content (AvgIpc) is 2.36. The van der Waals surface area contributed by atoms with E-state index in [9.17, 15) is 0 Å². The van der Waals surface area contributed by atoms with E-state index in [1.165, 1.54) is 9.95 Å². The predicted octanol–water partition coefficient (Wildman–Crippen LogP) is 2.11. The molecule has 0 saturated heterocycles. The molecule has 1 unspecified atom stereocenters. The summed E-state index contributed by atoms with van der Waals surface area (Å²) in [5.74, 6) is 0.391. The molecule has 1 atom stereocenters. The lowest BCUT2D eigenvalue weighted by atomic mass is 9.72. The Kier molecular flexibility index (Phi) is 2.32. The Balaban J connectivity index is 2.30. The fourth-order valence-corrected chi connectivity index (χ4v) is 2.89. The van der Waals surface area contributed by atoms with Crippen molar-refractivity contribution in [1.29, 1.82) is 0 Å². The number of pyridine rings is 1. The van der Waals surface area contributed by atoms with E-state index in [1.807, 2.05) is 18.5 Å². The lowest BCUT2D eigenvalue weighted by Crippen LogP contribution is -2.26. The van der Waals surface area contributed by atoms with Crippen LogP contribution in [0.2, 0.25) is 0 Å². The Morgan fingerprint density at radius 2 is 2.31 bits per heavy atom. The van der Waals surface area contributed by atoms with Gasteiger partial charge in [-0.1, -0.05) is 33.5 Å². The molecule has 0 spiro atoms. The number of allylic oxidation sites excluding steroid dienone is 2. The maximum Gasteiger partial charge on any atom is 0.136 e. The number of rotatable bonds is 0. The molecule has 1 aromatic heterocycles. The molecule has 0 fully saturated rings. The first-order chi connectivity index (χ1) is 7.79. The molecule has 0 N–H and O–H groups in total.